The summed E-state index contributed by atoms with van der Waals surface area (Å²) < 4.78 is 0. The molecule has 2 aromatic rings. The number of carbonyl (C=O) groups is 1. The standard InChI is InChI=1S/C20H23N5O/c1-12-9-14(24(3)4)5-6-15(12)19-16(10-21)20(22)23-18-7-8-25(13(2)26)11-17(18)19/h5-6,9H,7-8,11H2,1-4H3,(H2,22,23). The molecule has 3 rings (SSSR count). The predicted octanol–water partition coefficient (Wildman–Crippen LogP) is 2.48. The number of hydrogen-bond donors (Lipinski definition) is 1. The third-order valence-electron chi connectivity index (χ3n) is 4.93. The zero-order valence-electron chi connectivity index (χ0n) is 15.6. The van der Waals surface area contributed by atoms with E-state index in [0.29, 0.717) is 25.1 Å². The number of hydrogen-bond acceptors (Lipinski definition) is 5. The number of aromatic nitrogens is 1. The van der Waals surface area contributed by atoms with E-state index in [9.17, 15) is 10.1 Å². The van der Waals surface area contributed by atoms with Crippen LogP contribution in [0, 0.1) is 18.3 Å². The molecule has 0 bridgehead atoms. The lowest BCUT2D eigenvalue weighted by atomic mass is 9.88. The molecular weight excluding hydrogens is 326 g/mol. The van der Waals surface area contributed by atoms with Crippen molar-refractivity contribution in [2.75, 3.05) is 31.3 Å². The average Bonchev–Trinajstić information content (AvgIpc) is 2.60. The van der Waals surface area contributed by atoms with Crippen LogP contribution in [0.1, 0.15) is 29.3 Å². The minimum atomic E-state index is 0.0246. The second-order valence-corrected chi connectivity index (χ2v) is 6.87. The molecule has 0 unspecified atom stereocenters. The van der Waals surface area contributed by atoms with Crippen LogP contribution in [0.25, 0.3) is 11.1 Å². The molecule has 0 aliphatic carbocycles. The van der Waals surface area contributed by atoms with Gasteiger partial charge in [-0.1, -0.05) is 6.07 Å². The lowest BCUT2D eigenvalue weighted by Crippen LogP contribution is -2.35. The Bertz CT molecular complexity index is 927. The van der Waals surface area contributed by atoms with Crippen molar-refractivity contribution in [1.82, 2.24) is 9.88 Å². The molecule has 1 aliphatic heterocycles. The van der Waals surface area contributed by atoms with Gasteiger partial charge in [0.25, 0.3) is 0 Å². The lowest BCUT2D eigenvalue weighted by Gasteiger charge is -2.30. The van der Waals surface area contributed by atoms with Crippen molar-refractivity contribution < 1.29 is 4.79 Å². The first-order valence-electron chi connectivity index (χ1n) is 8.58. The number of pyridine rings is 1. The number of nitriles is 1. The second-order valence-electron chi connectivity index (χ2n) is 6.87. The molecule has 0 radical (unpaired) electrons. The molecule has 2 N–H and O–H groups in total. The van der Waals surface area contributed by atoms with E-state index in [4.69, 9.17) is 5.73 Å². The molecule has 134 valence electrons. The smallest absolute Gasteiger partial charge is 0.219 e. The molecule has 1 amide bonds. The van der Waals surface area contributed by atoms with Gasteiger partial charge in [0, 0.05) is 57.3 Å². The Kier molecular flexibility index (Phi) is 4.56. The number of benzene rings is 1. The molecule has 0 fully saturated rings. The van der Waals surface area contributed by atoms with Crippen LogP contribution >= 0.6 is 0 Å². The molecule has 1 aromatic carbocycles. The quantitative estimate of drug-likeness (QED) is 0.900. The molecule has 6 nitrogen and oxygen atoms in total. The number of nitrogens with zero attached hydrogens (tertiary/aromatic N) is 4. The number of nitrogens with two attached hydrogens (primary N) is 1. The Morgan fingerprint density at radius 2 is 2.12 bits per heavy atom. The van der Waals surface area contributed by atoms with Gasteiger partial charge in [0.2, 0.25) is 5.91 Å². The van der Waals surface area contributed by atoms with Gasteiger partial charge in [-0.2, -0.15) is 5.26 Å². The number of carbonyl (C=O) groups excluding carboxylic acids is 1. The van der Waals surface area contributed by atoms with Gasteiger partial charge in [-0.3, -0.25) is 4.79 Å². The SMILES string of the molecule is CC(=O)N1CCc2nc(N)c(C#N)c(-c3ccc(N(C)C)cc3C)c2C1. The minimum absolute atomic E-state index is 0.0246. The van der Waals surface area contributed by atoms with Crippen molar-refractivity contribution in [3.8, 4) is 17.2 Å². The monoisotopic (exact) mass is 349 g/mol. The van der Waals surface area contributed by atoms with Gasteiger partial charge in [0.05, 0.1) is 5.69 Å². The van der Waals surface area contributed by atoms with Gasteiger partial charge in [-0.05, 0) is 30.2 Å². The topological polar surface area (TPSA) is 86.2 Å². The van der Waals surface area contributed by atoms with E-state index in [1.165, 1.54) is 0 Å². The maximum absolute atomic E-state index is 11.9. The molecule has 0 saturated carbocycles. The molecule has 0 saturated heterocycles. The van der Waals surface area contributed by atoms with Crippen molar-refractivity contribution in [3.63, 3.8) is 0 Å². The van der Waals surface area contributed by atoms with Gasteiger partial charge in [0.1, 0.15) is 17.5 Å². The Morgan fingerprint density at radius 3 is 2.69 bits per heavy atom. The molecule has 6 heteroatoms. The summed E-state index contributed by atoms with van der Waals surface area (Å²) >= 11 is 0. The van der Waals surface area contributed by atoms with E-state index in [1.807, 2.05) is 38.1 Å². The minimum Gasteiger partial charge on any atom is -0.383 e. The van der Waals surface area contributed by atoms with E-state index in [2.05, 4.69) is 17.1 Å². The molecule has 26 heavy (non-hydrogen) atoms. The maximum atomic E-state index is 11.9. The van der Waals surface area contributed by atoms with Crippen molar-refractivity contribution >= 4 is 17.4 Å². The first kappa shape index (κ1) is 17.7. The van der Waals surface area contributed by atoms with E-state index in [-0.39, 0.29) is 11.7 Å². The van der Waals surface area contributed by atoms with Crippen molar-refractivity contribution in [3.05, 3.63) is 40.6 Å². The highest BCUT2D eigenvalue weighted by Gasteiger charge is 2.27. The predicted molar refractivity (Wildman–Crippen MR) is 103 cm³/mol. The number of amides is 1. The van der Waals surface area contributed by atoms with Crippen LogP contribution in [-0.4, -0.2) is 36.4 Å². The van der Waals surface area contributed by atoms with E-state index < -0.39 is 0 Å². The fourth-order valence-electron chi connectivity index (χ4n) is 3.47. The number of anilines is 2. The molecule has 1 aliphatic rings. The summed E-state index contributed by atoms with van der Waals surface area (Å²) in [4.78, 5) is 20.1. The largest absolute Gasteiger partial charge is 0.383 e. The summed E-state index contributed by atoms with van der Waals surface area (Å²) in [6, 6.07) is 8.36. The van der Waals surface area contributed by atoms with Gasteiger partial charge < -0.3 is 15.5 Å². The van der Waals surface area contributed by atoms with Gasteiger partial charge in [-0.15, -0.1) is 0 Å². The highest BCUT2D eigenvalue weighted by Crippen LogP contribution is 2.37. The van der Waals surface area contributed by atoms with E-state index in [1.54, 1.807) is 11.8 Å². The van der Waals surface area contributed by atoms with Crippen LogP contribution in [0.2, 0.25) is 0 Å². The Balaban J connectivity index is 2.25. The normalized spacial score (nSPS) is 13.1. The van der Waals surface area contributed by atoms with Crippen LogP contribution in [0.4, 0.5) is 11.5 Å². The van der Waals surface area contributed by atoms with Crippen molar-refractivity contribution in [1.29, 1.82) is 5.26 Å². The van der Waals surface area contributed by atoms with E-state index in [0.717, 1.165) is 33.6 Å². The third kappa shape index (κ3) is 2.97. The number of aryl methyl sites for hydroxylation is 1. The molecular formula is C20H23N5O. The number of fused-ring (bicyclic) bond motifs is 1. The summed E-state index contributed by atoms with van der Waals surface area (Å²) in [6.07, 6.45) is 0.645. The Labute approximate surface area is 153 Å². The summed E-state index contributed by atoms with van der Waals surface area (Å²) in [6.45, 7) is 4.67. The summed E-state index contributed by atoms with van der Waals surface area (Å²) in [5.74, 6) is 0.283. The maximum Gasteiger partial charge on any atom is 0.219 e. The Morgan fingerprint density at radius 1 is 1.38 bits per heavy atom. The zero-order valence-corrected chi connectivity index (χ0v) is 15.6. The number of nitrogen functional groups attached to an aromatic ring is 1. The first-order valence-corrected chi connectivity index (χ1v) is 8.58. The van der Waals surface area contributed by atoms with Crippen LogP contribution in [-0.2, 0) is 17.8 Å². The van der Waals surface area contributed by atoms with Crippen molar-refractivity contribution in [2.24, 2.45) is 0 Å². The van der Waals surface area contributed by atoms with Crippen LogP contribution in [0.5, 0.6) is 0 Å². The van der Waals surface area contributed by atoms with Gasteiger partial charge in [-0.25, -0.2) is 4.98 Å². The third-order valence-corrected chi connectivity index (χ3v) is 4.93. The highest BCUT2D eigenvalue weighted by molar-refractivity contribution is 5.83. The molecule has 0 spiro atoms. The summed E-state index contributed by atoms with van der Waals surface area (Å²) in [7, 11) is 3.98. The van der Waals surface area contributed by atoms with E-state index >= 15 is 0 Å². The summed E-state index contributed by atoms with van der Waals surface area (Å²) in [5.41, 5.74) is 12.2. The first-order chi connectivity index (χ1) is 12.3. The van der Waals surface area contributed by atoms with Crippen LogP contribution in [0.15, 0.2) is 18.2 Å². The van der Waals surface area contributed by atoms with Gasteiger partial charge >= 0.3 is 0 Å². The fourth-order valence-corrected chi connectivity index (χ4v) is 3.47. The molecule has 1 aromatic heterocycles. The van der Waals surface area contributed by atoms with Gasteiger partial charge in [0.15, 0.2) is 0 Å². The average molecular weight is 349 g/mol. The lowest BCUT2D eigenvalue weighted by molar-refractivity contribution is -0.129. The fraction of sp³-hybridized carbons (Fsp3) is 0.350. The highest BCUT2D eigenvalue weighted by atomic mass is 16.2. The summed E-state index contributed by atoms with van der Waals surface area (Å²) in [5, 5.41) is 9.71. The number of rotatable bonds is 2. The van der Waals surface area contributed by atoms with Crippen LogP contribution < -0.4 is 10.6 Å². The van der Waals surface area contributed by atoms with Crippen LogP contribution in [0.3, 0.4) is 0 Å². The second kappa shape index (κ2) is 6.68. The molecule has 0 atom stereocenters. The molecule has 2 heterocycles. The van der Waals surface area contributed by atoms with Crippen molar-refractivity contribution in [2.45, 2.75) is 26.8 Å². The Hall–Kier alpha value is -3.07. The zero-order chi connectivity index (χ0) is 19.0.